The molecule has 204 valence electrons. The second-order valence-electron chi connectivity index (χ2n) is 7.86. The number of imide groups is 1. The zero-order valence-corrected chi connectivity index (χ0v) is 22.1. The molecule has 1 unspecified atom stereocenters. The molecular weight excluding hydrogens is 530 g/mol. The van der Waals surface area contributed by atoms with Gasteiger partial charge in [0, 0.05) is 30.5 Å². The maximum atomic E-state index is 13.3. The number of urea groups is 1. The Morgan fingerprint density at radius 1 is 1.05 bits per heavy atom. The molecule has 0 aliphatic rings. The van der Waals surface area contributed by atoms with Gasteiger partial charge in [0.25, 0.3) is 4.92 Å². The average Bonchev–Trinajstić information content (AvgIpc) is 3.44. The van der Waals surface area contributed by atoms with Crippen molar-refractivity contribution in [3.05, 3.63) is 75.6 Å². The van der Waals surface area contributed by atoms with Crippen LogP contribution in [0.25, 0.3) is 0 Å². The first-order chi connectivity index (χ1) is 18.8. The number of thiazole rings is 1. The SMILES string of the molecule is COC(=O)c1csc(NC(=O)C(Cc2ccc([N+](=O)OC)cc2)N(C=O)C(=O)NCc2ccc(OC)cc2)n1. The van der Waals surface area contributed by atoms with Crippen molar-refractivity contribution in [2.75, 3.05) is 26.6 Å². The number of esters is 1. The van der Waals surface area contributed by atoms with E-state index in [1.54, 1.807) is 36.4 Å². The highest BCUT2D eigenvalue weighted by Gasteiger charge is 2.31. The number of nitrogens with zero attached hydrogens (tertiary/aromatic N) is 3. The first-order valence-electron chi connectivity index (χ1n) is 11.4. The highest BCUT2D eigenvalue weighted by atomic mass is 32.1. The van der Waals surface area contributed by atoms with Gasteiger partial charge in [0.05, 0.1) is 19.1 Å². The van der Waals surface area contributed by atoms with E-state index in [1.165, 1.54) is 38.8 Å². The summed E-state index contributed by atoms with van der Waals surface area (Å²) >= 11 is 0.975. The summed E-state index contributed by atoms with van der Waals surface area (Å²) in [6.07, 6.45) is 0.176. The van der Waals surface area contributed by atoms with Gasteiger partial charge in [-0.3, -0.25) is 14.5 Å². The third-order valence-corrected chi connectivity index (χ3v) is 6.22. The van der Waals surface area contributed by atoms with Gasteiger partial charge in [0.2, 0.25) is 12.3 Å². The van der Waals surface area contributed by atoms with E-state index in [-0.39, 0.29) is 35.9 Å². The van der Waals surface area contributed by atoms with E-state index in [0.717, 1.165) is 21.8 Å². The Morgan fingerprint density at radius 2 is 1.72 bits per heavy atom. The van der Waals surface area contributed by atoms with Crippen LogP contribution < -0.4 is 15.4 Å². The molecular formula is C25H26N5O8S+. The molecule has 14 heteroatoms. The van der Waals surface area contributed by atoms with Crippen LogP contribution in [0.2, 0.25) is 0 Å². The van der Waals surface area contributed by atoms with Gasteiger partial charge in [0.15, 0.2) is 17.9 Å². The lowest BCUT2D eigenvalue weighted by Crippen LogP contribution is -2.51. The van der Waals surface area contributed by atoms with Crippen molar-refractivity contribution in [3.63, 3.8) is 0 Å². The van der Waals surface area contributed by atoms with Gasteiger partial charge >= 0.3 is 17.7 Å². The Bertz CT molecular complexity index is 1330. The number of anilines is 1. The van der Waals surface area contributed by atoms with Crippen molar-refractivity contribution in [2.45, 2.75) is 19.0 Å². The Hall–Kier alpha value is -4.85. The third kappa shape index (κ3) is 7.58. The summed E-state index contributed by atoms with van der Waals surface area (Å²) in [6.45, 7) is 0.0848. The minimum atomic E-state index is -1.31. The lowest BCUT2D eigenvalue weighted by atomic mass is 10.0. The molecule has 1 heterocycles. The zero-order chi connectivity index (χ0) is 28.4. The first-order valence-corrected chi connectivity index (χ1v) is 12.3. The van der Waals surface area contributed by atoms with Crippen LogP contribution in [0.15, 0.2) is 53.9 Å². The number of carbonyl (C=O) groups excluding carboxylic acids is 4. The lowest BCUT2D eigenvalue weighted by molar-refractivity contribution is -0.736. The van der Waals surface area contributed by atoms with Crippen molar-refractivity contribution in [2.24, 2.45) is 0 Å². The van der Waals surface area contributed by atoms with E-state index < -0.39 is 23.9 Å². The van der Waals surface area contributed by atoms with Gasteiger partial charge in [-0.1, -0.05) is 24.3 Å². The molecule has 4 amide bonds. The largest absolute Gasteiger partial charge is 0.497 e. The van der Waals surface area contributed by atoms with Crippen molar-refractivity contribution >= 4 is 46.5 Å². The van der Waals surface area contributed by atoms with Gasteiger partial charge in [0.1, 0.15) is 11.8 Å². The quantitative estimate of drug-likeness (QED) is 0.195. The van der Waals surface area contributed by atoms with Crippen LogP contribution in [-0.2, 0) is 32.1 Å². The Kier molecular flexibility index (Phi) is 10.0. The number of aromatic nitrogens is 1. The molecule has 1 atom stereocenters. The molecule has 13 nitrogen and oxygen atoms in total. The number of methoxy groups -OCH3 is 2. The molecule has 39 heavy (non-hydrogen) atoms. The molecule has 0 fully saturated rings. The Labute approximate surface area is 227 Å². The van der Waals surface area contributed by atoms with Gasteiger partial charge in [-0.05, 0) is 23.3 Å². The highest BCUT2D eigenvalue weighted by molar-refractivity contribution is 7.14. The fourth-order valence-electron chi connectivity index (χ4n) is 3.39. The molecule has 0 spiro atoms. The van der Waals surface area contributed by atoms with E-state index in [0.29, 0.717) is 16.2 Å². The molecule has 0 aliphatic carbocycles. The Morgan fingerprint density at radius 3 is 2.31 bits per heavy atom. The number of amides is 4. The minimum Gasteiger partial charge on any atom is -0.497 e. The number of benzene rings is 2. The molecule has 3 aromatic rings. The summed E-state index contributed by atoms with van der Waals surface area (Å²) in [4.78, 5) is 71.4. The molecule has 0 bridgehead atoms. The predicted molar refractivity (Wildman–Crippen MR) is 139 cm³/mol. The second kappa shape index (κ2) is 13.6. The number of hydrogen-bond acceptors (Lipinski definition) is 10. The maximum absolute atomic E-state index is 13.3. The van der Waals surface area contributed by atoms with Crippen molar-refractivity contribution in [1.29, 1.82) is 0 Å². The van der Waals surface area contributed by atoms with Gasteiger partial charge in [-0.2, -0.15) is 0 Å². The molecule has 0 saturated heterocycles. The van der Waals surface area contributed by atoms with Gasteiger partial charge < -0.3 is 20.1 Å². The molecule has 0 saturated carbocycles. The molecule has 3 rings (SSSR count). The molecule has 0 radical (unpaired) electrons. The van der Waals surface area contributed by atoms with Crippen LogP contribution in [0.1, 0.15) is 21.6 Å². The van der Waals surface area contributed by atoms with E-state index >= 15 is 0 Å². The molecule has 2 N–H and O–H groups in total. The summed E-state index contributed by atoms with van der Waals surface area (Å²) in [5.41, 5.74) is 1.50. The average molecular weight is 557 g/mol. The van der Waals surface area contributed by atoms with Gasteiger partial charge in [-0.15, -0.1) is 11.3 Å². The van der Waals surface area contributed by atoms with E-state index in [1.807, 2.05) is 0 Å². The van der Waals surface area contributed by atoms with Crippen molar-refractivity contribution < 1.29 is 38.4 Å². The predicted octanol–water partition coefficient (Wildman–Crippen LogP) is 2.83. The minimum absolute atomic E-state index is 0.00488. The zero-order valence-electron chi connectivity index (χ0n) is 21.3. The Balaban J connectivity index is 1.81. The third-order valence-electron chi connectivity index (χ3n) is 5.46. The van der Waals surface area contributed by atoms with E-state index in [4.69, 9.17) is 4.74 Å². The summed E-state index contributed by atoms with van der Waals surface area (Å²) in [5, 5.41) is 6.65. The monoisotopic (exact) mass is 556 g/mol. The van der Waals surface area contributed by atoms with Crippen LogP contribution in [0.3, 0.4) is 0 Å². The smallest absolute Gasteiger partial charge is 0.357 e. The second-order valence-corrected chi connectivity index (χ2v) is 8.72. The highest BCUT2D eigenvalue weighted by Crippen LogP contribution is 2.20. The van der Waals surface area contributed by atoms with E-state index in [2.05, 4.69) is 25.2 Å². The van der Waals surface area contributed by atoms with Crippen molar-refractivity contribution in [1.82, 2.24) is 15.2 Å². The molecule has 1 aromatic heterocycles. The summed E-state index contributed by atoms with van der Waals surface area (Å²) in [5.74, 6) is -0.760. The normalized spacial score (nSPS) is 11.1. The molecule has 0 aliphatic heterocycles. The van der Waals surface area contributed by atoms with Crippen LogP contribution in [0.4, 0.5) is 15.6 Å². The van der Waals surface area contributed by atoms with Crippen molar-refractivity contribution in [3.8, 4) is 5.75 Å². The number of nitrogens with one attached hydrogen (secondary N) is 2. The lowest BCUT2D eigenvalue weighted by Gasteiger charge is -2.26. The topological polar surface area (TPSA) is 156 Å². The van der Waals surface area contributed by atoms with E-state index in [9.17, 15) is 24.1 Å². The first kappa shape index (κ1) is 28.7. The summed E-state index contributed by atoms with van der Waals surface area (Å²) in [7, 11) is 3.96. The molecule has 2 aromatic carbocycles. The summed E-state index contributed by atoms with van der Waals surface area (Å²) in [6, 6.07) is 10.9. The number of hydrogen-bond donors (Lipinski definition) is 2. The summed E-state index contributed by atoms with van der Waals surface area (Å²) < 4.78 is 9.74. The number of ether oxygens (including phenoxy) is 2. The van der Waals surface area contributed by atoms with Gasteiger partial charge in [-0.25, -0.2) is 19.4 Å². The van der Waals surface area contributed by atoms with Crippen LogP contribution >= 0.6 is 11.3 Å². The van der Waals surface area contributed by atoms with Crippen LogP contribution in [0, 0.1) is 4.91 Å². The fourth-order valence-corrected chi connectivity index (χ4v) is 4.08. The maximum Gasteiger partial charge on any atom is 0.357 e. The fraction of sp³-hybridized carbons (Fsp3) is 0.240. The van der Waals surface area contributed by atoms with Crippen LogP contribution in [-0.4, -0.2) is 66.5 Å². The number of rotatable bonds is 12. The number of carbonyl (C=O) groups is 4. The van der Waals surface area contributed by atoms with Crippen LogP contribution in [0.5, 0.6) is 5.75 Å². The standard InChI is InChI=1S/C25H25N5O8S/c1-36-19-10-6-17(7-11-19)13-26-25(34)29(15-31)21(12-16-4-8-18(9-5-16)30(35)38-3)22(32)28-24-27-20(14-39-24)23(33)37-2/h4-11,14-15,21H,12-13H2,1-3H3,(H-,26,27,28,32,34)/p+1.